The van der Waals surface area contributed by atoms with Gasteiger partial charge in [0.1, 0.15) is 12.4 Å². The monoisotopic (exact) mass is 465 g/mol. The van der Waals surface area contributed by atoms with Crippen molar-refractivity contribution >= 4 is 39.6 Å². The summed E-state index contributed by atoms with van der Waals surface area (Å²) in [5.41, 5.74) is 5.79. The van der Waals surface area contributed by atoms with Crippen LogP contribution in [0.4, 0.5) is 5.69 Å². The number of anilines is 1. The lowest BCUT2D eigenvalue weighted by molar-refractivity contribution is -0.136. The van der Waals surface area contributed by atoms with Crippen molar-refractivity contribution in [3.63, 3.8) is 0 Å². The molecule has 3 aromatic carbocycles. The van der Waals surface area contributed by atoms with E-state index in [4.69, 9.17) is 4.74 Å². The molecule has 0 bridgehead atoms. The van der Waals surface area contributed by atoms with E-state index in [1.165, 1.54) is 11.8 Å². The maximum absolute atomic E-state index is 11.9. The van der Waals surface area contributed by atoms with Crippen molar-refractivity contribution in [1.82, 2.24) is 5.43 Å². The van der Waals surface area contributed by atoms with Crippen molar-refractivity contribution in [3.8, 4) is 5.75 Å². The molecule has 0 heterocycles. The molecule has 0 radical (unpaired) electrons. The molecule has 7 heteroatoms. The number of ether oxygens (including phenoxy) is 1. The second kappa shape index (κ2) is 10.4. The Morgan fingerprint density at radius 1 is 0.967 bits per heavy atom. The predicted molar refractivity (Wildman–Crippen MR) is 120 cm³/mol. The highest BCUT2D eigenvalue weighted by Crippen LogP contribution is 2.15. The third kappa shape index (κ3) is 6.28. The van der Waals surface area contributed by atoms with E-state index in [1.807, 2.05) is 55.5 Å². The first-order chi connectivity index (χ1) is 14.5. The fourth-order valence-electron chi connectivity index (χ4n) is 2.52. The standard InChI is InChI=1S/C23H20BrN3O3/c1-16-4-2-3-5-18(16)15-30-21-12-6-17(7-13-21)14-25-27-23(29)22(28)26-20-10-8-19(24)9-11-20/h2-14H,15H2,1H3,(H,26,28)(H,27,29)/b25-14+. The summed E-state index contributed by atoms with van der Waals surface area (Å²) in [4.78, 5) is 23.7. The number of nitrogens with one attached hydrogen (secondary N) is 2. The third-order valence-corrected chi connectivity index (χ3v) is 4.75. The Morgan fingerprint density at radius 3 is 2.37 bits per heavy atom. The summed E-state index contributed by atoms with van der Waals surface area (Å²) in [6.45, 7) is 2.54. The topological polar surface area (TPSA) is 79.8 Å². The molecule has 0 unspecified atom stereocenters. The molecule has 2 N–H and O–H groups in total. The minimum Gasteiger partial charge on any atom is -0.489 e. The van der Waals surface area contributed by atoms with Crippen LogP contribution in [-0.2, 0) is 16.2 Å². The Labute approximate surface area is 183 Å². The predicted octanol–water partition coefficient (Wildman–Crippen LogP) is 4.43. The maximum atomic E-state index is 11.9. The van der Waals surface area contributed by atoms with Crippen LogP contribution in [0.1, 0.15) is 16.7 Å². The van der Waals surface area contributed by atoms with Gasteiger partial charge < -0.3 is 10.1 Å². The van der Waals surface area contributed by atoms with Crippen LogP contribution in [0.5, 0.6) is 5.75 Å². The van der Waals surface area contributed by atoms with E-state index in [-0.39, 0.29) is 0 Å². The molecule has 30 heavy (non-hydrogen) atoms. The number of hydrogen-bond donors (Lipinski definition) is 2. The molecule has 0 saturated carbocycles. The summed E-state index contributed by atoms with van der Waals surface area (Å²) in [5, 5.41) is 6.31. The molecule has 0 aliphatic rings. The molecular formula is C23H20BrN3O3. The minimum atomic E-state index is -0.854. The van der Waals surface area contributed by atoms with Gasteiger partial charge in [-0.1, -0.05) is 40.2 Å². The van der Waals surface area contributed by atoms with Crippen LogP contribution in [-0.4, -0.2) is 18.0 Å². The lowest BCUT2D eigenvalue weighted by Crippen LogP contribution is -2.32. The fourth-order valence-corrected chi connectivity index (χ4v) is 2.78. The Hall–Kier alpha value is -3.45. The lowest BCUT2D eigenvalue weighted by Gasteiger charge is -2.08. The quantitative estimate of drug-likeness (QED) is 0.321. The number of rotatable bonds is 6. The zero-order valence-electron chi connectivity index (χ0n) is 16.3. The highest BCUT2D eigenvalue weighted by atomic mass is 79.9. The molecule has 0 fully saturated rings. The van der Waals surface area contributed by atoms with E-state index < -0.39 is 11.8 Å². The summed E-state index contributed by atoms with van der Waals surface area (Å²) in [6.07, 6.45) is 1.45. The minimum absolute atomic E-state index is 0.490. The number of amides is 2. The molecule has 0 saturated heterocycles. The SMILES string of the molecule is Cc1ccccc1COc1ccc(/C=N/NC(=O)C(=O)Nc2ccc(Br)cc2)cc1. The molecule has 0 aromatic heterocycles. The Bertz CT molecular complexity index is 1050. The van der Waals surface area contributed by atoms with E-state index in [0.717, 1.165) is 21.3 Å². The number of halogens is 1. The second-order valence-corrected chi connectivity index (χ2v) is 7.36. The van der Waals surface area contributed by atoms with Gasteiger partial charge in [0, 0.05) is 10.2 Å². The van der Waals surface area contributed by atoms with Crippen molar-refractivity contribution in [2.24, 2.45) is 5.10 Å². The molecular weight excluding hydrogens is 446 g/mol. The van der Waals surface area contributed by atoms with E-state index >= 15 is 0 Å². The average Bonchev–Trinajstić information content (AvgIpc) is 2.75. The van der Waals surface area contributed by atoms with Gasteiger partial charge in [0.2, 0.25) is 0 Å². The van der Waals surface area contributed by atoms with Crippen LogP contribution in [0.2, 0.25) is 0 Å². The molecule has 0 aliphatic heterocycles. The van der Waals surface area contributed by atoms with E-state index in [2.05, 4.69) is 31.8 Å². The van der Waals surface area contributed by atoms with Crippen LogP contribution >= 0.6 is 15.9 Å². The highest BCUT2D eigenvalue weighted by Gasteiger charge is 2.12. The summed E-state index contributed by atoms with van der Waals surface area (Å²) in [7, 11) is 0. The van der Waals surface area contributed by atoms with Gasteiger partial charge >= 0.3 is 11.8 Å². The molecule has 0 aliphatic carbocycles. The second-order valence-electron chi connectivity index (χ2n) is 6.44. The van der Waals surface area contributed by atoms with Gasteiger partial charge in [-0.2, -0.15) is 5.10 Å². The first-order valence-corrected chi connectivity index (χ1v) is 9.98. The van der Waals surface area contributed by atoms with Gasteiger partial charge in [0.05, 0.1) is 6.21 Å². The fraction of sp³-hybridized carbons (Fsp3) is 0.0870. The van der Waals surface area contributed by atoms with Crippen molar-refractivity contribution in [2.75, 3.05) is 5.32 Å². The van der Waals surface area contributed by atoms with Gasteiger partial charge in [-0.25, -0.2) is 5.43 Å². The lowest BCUT2D eigenvalue weighted by atomic mass is 10.1. The van der Waals surface area contributed by atoms with Crippen molar-refractivity contribution in [1.29, 1.82) is 0 Å². The average molecular weight is 466 g/mol. The van der Waals surface area contributed by atoms with Crippen molar-refractivity contribution in [2.45, 2.75) is 13.5 Å². The molecule has 0 atom stereocenters. The smallest absolute Gasteiger partial charge is 0.329 e. The van der Waals surface area contributed by atoms with E-state index in [9.17, 15) is 9.59 Å². The Balaban J connectivity index is 1.47. The normalized spacial score (nSPS) is 10.6. The molecule has 3 rings (SSSR count). The summed E-state index contributed by atoms with van der Waals surface area (Å²) < 4.78 is 6.67. The van der Waals surface area contributed by atoms with Crippen LogP contribution < -0.4 is 15.5 Å². The number of hydrazone groups is 1. The number of nitrogens with zero attached hydrogens (tertiary/aromatic N) is 1. The summed E-state index contributed by atoms with van der Waals surface area (Å²) in [6, 6.07) is 22.2. The van der Waals surface area contributed by atoms with Crippen LogP contribution in [0.3, 0.4) is 0 Å². The van der Waals surface area contributed by atoms with Gasteiger partial charge in [-0.3, -0.25) is 9.59 Å². The first kappa shape index (κ1) is 21.3. The van der Waals surface area contributed by atoms with Crippen LogP contribution in [0.15, 0.2) is 82.4 Å². The van der Waals surface area contributed by atoms with E-state index in [1.54, 1.807) is 24.3 Å². The van der Waals surface area contributed by atoms with Crippen LogP contribution in [0.25, 0.3) is 0 Å². The number of carbonyl (C=O) groups is 2. The summed E-state index contributed by atoms with van der Waals surface area (Å²) in [5.74, 6) is -0.921. The van der Waals surface area contributed by atoms with Crippen LogP contribution in [0, 0.1) is 6.92 Å². The molecule has 3 aromatic rings. The largest absolute Gasteiger partial charge is 0.489 e. The number of benzene rings is 3. The third-order valence-electron chi connectivity index (χ3n) is 4.22. The Morgan fingerprint density at radius 2 is 1.67 bits per heavy atom. The maximum Gasteiger partial charge on any atom is 0.329 e. The number of carbonyl (C=O) groups excluding carboxylic acids is 2. The summed E-state index contributed by atoms with van der Waals surface area (Å²) >= 11 is 3.30. The molecule has 152 valence electrons. The van der Waals surface area contributed by atoms with Gasteiger partial charge in [-0.05, 0) is 72.1 Å². The highest BCUT2D eigenvalue weighted by molar-refractivity contribution is 9.10. The molecule has 6 nitrogen and oxygen atoms in total. The van der Waals surface area contributed by atoms with Crippen molar-refractivity contribution in [3.05, 3.63) is 94.0 Å². The zero-order valence-corrected chi connectivity index (χ0v) is 17.8. The molecule has 0 spiro atoms. The number of aryl methyl sites for hydroxylation is 1. The van der Waals surface area contributed by atoms with Gasteiger partial charge in [0.25, 0.3) is 0 Å². The molecule has 2 amide bonds. The Kier molecular flexibility index (Phi) is 7.34. The van der Waals surface area contributed by atoms with Crippen molar-refractivity contribution < 1.29 is 14.3 Å². The number of hydrogen-bond acceptors (Lipinski definition) is 4. The van der Waals surface area contributed by atoms with E-state index in [0.29, 0.717) is 12.3 Å². The first-order valence-electron chi connectivity index (χ1n) is 9.18. The van der Waals surface area contributed by atoms with Gasteiger partial charge in [-0.15, -0.1) is 0 Å². The zero-order chi connectivity index (χ0) is 21.3. The van der Waals surface area contributed by atoms with Gasteiger partial charge in [0.15, 0.2) is 0 Å².